The molecule has 1 aliphatic rings. The van der Waals surface area contributed by atoms with E-state index in [1.165, 1.54) is 0 Å². The number of esters is 1. The van der Waals surface area contributed by atoms with Crippen LogP contribution in [0.3, 0.4) is 0 Å². The Labute approximate surface area is 83.5 Å². The SMILES string of the molecule is O=C1OCCc2cc(O)c(Br)cc21. The Balaban J connectivity index is 2.58. The van der Waals surface area contributed by atoms with E-state index in [-0.39, 0.29) is 11.7 Å². The van der Waals surface area contributed by atoms with E-state index in [4.69, 9.17) is 4.74 Å². The van der Waals surface area contributed by atoms with Gasteiger partial charge in [-0.15, -0.1) is 0 Å². The van der Waals surface area contributed by atoms with Crippen molar-refractivity contribution in [1.82, 2.24) is 0 Å². The van der Waals surface area contributed by atoms with Gasteiger partial charge in [0.15, 0.2) is 0 Å². The quantitative estimate of drug-likeness (QED) is 0.707. The molecule has 0 aromatic heterocycles. The van der Waals surface area contributed by atoms with Crippen molar-refractivity contribution in [3.8, 4) is 5.75 Å². The molecule has 3 nitrogen and oxygen atoms in total. The molecule has 0 amide bonds. The minimum absolute atomic E-state index is 0.161. The van der Waals surface area contributed by atoms with Gasteiger partial charge in [0, 0.05) is 6.42 Å². The Morgan fingerprint density at radius 2 is 2.23 bits per heavy atom. The van der Waals surface area contributed by atoms with Gasteiger partial charge >= 0.3 is 5.97 Å². The summed E-state index contributed by atoms with van der Waals surface area (Å²) in [6.45, 7) is 0.396. The molecule has 0 unspecified atom stereocenters. The molecule has 0 saturated carbocycles. The van der Waals surface area contributed by atoms with Gasteiger partial charge in [0.2, 0.25) is 0 Å². The first-order valence-electron chi connectivity index (χ1n) is 3.87. The molecule has 1 N–H and O–H groups in total. The number of halogens is 1. The van der Waals surface area contributed by atoms with Gasteiger partial charge in [-0.1, -0.05) is 0 Å². The number of phenols is 1. The van der Waals surface area contributed by atoms with Crippen LogP contribution in [0.5, 0.6) is 5.75 Å². The van der Waals surface area contributed by atoms with E-state index in [0.29, 0.717) is 23.1 Å². The lowest BCUT2D eigenvalue weighted by Gasteiger charge is -2.15. The van der Waals surface area contributed by atoms with Crippen molar-refractivity contribution in [2.75, 3.05) is 6.61 Å². The standard InChI is InChI=1S/C9H7BrO3/c10-7-4-6-5(3-8(7)11)1-2-13-9(6)12/h3-4,11H,1-2H2. The number of ether oxygens (including phenoxy) is 1. The molecule has 0 atom stereocenters. The molecule has 0 radical (unpaired) electrons. The minimum Gasteiger partial charge on any atom is -0.507 e. The van der Waals surface area contributed by atoms with Crippen LogP contribution >= 0.6 is 15.9 Å². The van der Waals surface area contributed by atoms with Crippen LogP contribution in [0.4, 0.5) is 0 Å². The molecular formula is C9H7BrO3. The third-order valence-corrected chi connectivity index (χ3v) is 2.63. The van der Waals surface area contributed by atoms with Crippen LogP contribution in [0.15, 0.2) is 16.6 Å². The Morgan fingerprint density at radius 3 is 3.00 bits per heavy atom. The molecule has 1 aliphatic heterocycles. The maximum absolute atomic E-state index is 11.2. The average molecular weight is 243 g/mol. The zero-order valence-corrected chi connectivity index (χ0v) is 8.30. The summed E-state index contributed by atoms with van der Waals surface area (Å²) >= 11 is 3.14. The normalized spacial score (nSPS) is 15.0. The molecule has 1 aromatic carbocycles. The second-order valence-electron chi connectivity index (χ2n) is 2.85. The lowest BCUT2D eigenvalue weighted by atomic mass is 10.0. The molecule has 68 valence electrons. The fourth-order valence-corrected chi connectivity index (χ4v) is 1.68. The summed E-state index contributed by atoms with van der Waals surface area (Å²) in [6.07, 6.45) is 0.669. The molecular weight excluding hydrogens is 236 g/mol. The Hall–Kier alpha value is -1.03. The molecule has 0 aliphatic carbocycles. The number of benzene rings is 1. The first kappa shape index (κ1) is 8.56. The van der Waals surface area contributed by atoms with Crippen molar-refractivity contribution in [1.29, 1.82) is 0 Å². The Morgan fingerprint density at radius 1 is 1.46 bits per heavy atom. The van der Waals surface area contributed by atoms with Crippen LogP contribution in [-0.4, -0.2) is 17.7 Å². The zero-order chi connectivity index (χ0) is 9.42. The maximum Gasteiger partial charge on any atom is 0.338 e. The summed E-state index contributed by atoms with van der Waals surface area (Å²) in [5.74, 6) is -0.157. The predicted molar refractivity (Wildman–Crippen MR) is 49.8 cm³/mol. The van der Waals surface area contributed by atoms with E-state index in [1.54, 1.807) is 12.1 Å². The first-order chi connectivity index (χ1) is 6.18. The molecule has 0 fully saturated rings. The van der Waals surface area contributed by atoms with E-state index in [0.717, 1.165) is 5.56 Å². The van der Waals surface area contributed by atoms with Crippen LogP contribution < -0.4 is 0 Å². The second-order valence-corrected chi connectivity index (χ2v) is 3.70. The summed E-state index contributed by atoms with van der Waals surface area (Å²) in [6, 6.07) is 3.19. The predicted octanol–water partition coefficient (Wildman–Crippen LogP) is 1.87. The van der Waals surface area contributed by atoms with E-state index in [2.05, 4.69) is 15.9 Å². The highest BCUT2D eigenvalue weighted by Gasteiger charge is 2.19. The first-order valence-corrected chi connectivity index (χ1v) is 4.66. The van der Waals surface area contributed by atoms with Crippen LogP contribution in [0.1, 0.15) is 15.9 Å². The Kier molecular flexibility index (Phi) is 2.00. The van der Waals surface area contributed by atoms with Crippen molar-refractivity contribution in [3.63, 3.8) is 0 Å². The smallest absolute Gasteiger partial charge is 0.338 e. The molecule has 0 saturated heterocycles. The average Bonchev–Trinajstić information content (AvgIpc) is 2.09. The van der Waals surface area contributed by atoms with Crippen molar-refractivity contribution < 1.29 is 14.6 Å². The summed E-state index contributed by atoms with van der Waals surface area (Å²) in [5.41, 5.74) is 1.38. The second kappa shape index (κ2) is 3.03. The molecule has 2 rings (SSSR count). The fraction of sp³-hybridized carbons (Fsp3) is 0.222. The lowest BCUT2D eigenvalue weighted by Crippen LogP contribution is -2.17. The van der Waals surface area contributed by atoms with Gasteiger partial charge in [-0.3, -0.25) is 0 Å². The van der Waals surface area contributed by atoms with Crippen molar-refractivity contribution >= 4 is 21.9 Å². The lowest BCUT2D eigenvalue weighted by molar-refractivity contribution is 0.0480. The highest BCUT2D eigenvalue weighted by Crippen LogP contribution is 2.29. The van der Waals surface area contributed by atoms with Crippen LogP contribution in [0.25, 0.3) is 0 Å². The highest BCUT2D eigenvalue weighted by atomic mass is 79.9. The van der Waals surface area contributed by atoms with Crippen LogP contribution in [-0.2, 0) is 11.2 Å². The Bertz CT molecular complexity index is 373. The number of rotatable bonds is 0. The number of carbonyl (C=O) groups excluding carboxylic acids is 1. The number of phenolic OH excluding ortho intramolecular Hbond substituents is 1. The largest absolute Gasteiger partial charge is 0.507 e. The number of cyclic esters (lactones) is 1. The third-order valence-electron chi connectivity index (χ3n) is 2.00. The zero-order valence-electron chi connectivity index (χ0n) is 6.71. The van der Waals surface area contributed by atoms with E-state index >= 15 is 0 Å². The number of fused-ring (bicyclic) bond motifs is 1. The van der Waals surface area contributed by atoms with E-state index in [9.17, 15) is 9.90 Å². The summed E-state index contributed by atoms with van der Waals surface area (Å²) in [5, 5.41) is 9.36. The summed E-state index contributed by atoms with van der Waals surface area (Å²) in [7, 11) is 0. The van der Waals surface area contributed by atoms with Crippen molar-refractivity contribution in [2.24, 2.45) is 0 Å². The number of aromatic hydroxyl groups is 1. The topological polar surface area (TPSA) is 46.5 Å². The van der Waals surface area contributed by atoms with Gasteiger partial charge in [-0.05, 0) is 33.6 Å². The van der Waals surface area contributed by atoms with Crippen molar-refractivity contribution in [2.45, 2.75) is 6.42 Å². The van der Waals surface area contributed by atoms with Gasteiger partial charge < -0.3 is 9.84 Å². The van der Waals surface area contributed by atoms with Crippen LogP contribution in [0.2, 0.25) is 0 Å². The minimum atomic E-state index is -0.318. The maximum atomic E-state index is 11.2. The monoisotopic (exact) mass is 242 g/mol. The van der Waals surface area contributed by atoms with Gasteiger partial charge in [0.05, 0.1) is 16.6 Å². The summed E-state index contributed by atoms with van der Waals surface area (Å²) < 4.78 is 5.38. The van der Waals surface area contributed by atoms with Crippen LogP contribution in [0, 0.1) is 0 Å². The van der Waals surface area contributed by atoms with Gasteiger partial charge in [-0.2, -0.15) is 0 Å². The number of hydrogen-bond donors (Lipinski definition) is 1. The molecule has 4 heteroatoms. The van der Waals surface area contributed by atoms with Gasteiger partial charge in [0.1, 0.15) is 5.75 Å². The van der Waals surface area contributed by atoms with Gasteiger partial charge in [-0.25, -0.2) is 4.79 Å². The van der Waals surface area contributed by atoms with E-state index < -0.39 is 0 Å². The molecule has 0 bridgehead atoms. The molecule has 13 heavy (non-hydrogen) atoms. The third kappa shape index (κ3) is 1.42. The molecule has 1 heterocycles. The fourth-order valence-electron chi connectivity index (χ4n) is 1.33. The summed E-state index contributed by atoms with van der Waals surface area (Å²) in [4.78, 5) is 11.2. The van der Waals surface area contributed by atoms with Gasteiger partial charge in [0.25, 0.3) is 0 Å². The van der Waals surface area contributed by atoms with E-state index in [1.807, 2.05) is 0 Å². The molecule has 1 aromatic rings. The van der Waals surface area contributed by atoms with Crippen molar-refractivity contribution in [3.05, 3.63) is 27.7 Å². The highest BCUT2D eigenvalue weighted by molar-refractivity contribution is 9.10. The molecule has 0 spiro atoms. The number of carbonyl (C=O) groups is 1. The number of hydrogen-bond acceptors (Lipinski definition) is 3.